The smallest absolute Gasteiger partial charge is 0.119 e. The zero-order chi connectivity index (χ0) is 12.1. The molecule has 1 aliphatic heterocycles. The molecule has 0 saturated carbocycles. The monoisotopic (exact) mass is 298 g/mol. The van der Waals surface area contributed by atoms with E-state index in [9.17, 15) is 0 Å². The highest BCUT2D eigenvalue weighted by atomic mass is 79.9. The summed E-state index contributed by atoms with van der Waals surface area (Å²) in [5, 5.41) is 0. The van der Waals surface area contributed by atoms with Gasteiger partial charge in [0, 0.05) is 23.6 Å². The summed E-state index contributed by atoms with van der Waals surface area (Å²) >= 11 is 3.41. The minimum absolute atomic E-state index is 0.344. The first-order valence-corrected chi connectivity index (χ1v) is 6.89. The van der Waals surface area contributed by atoms with Crippen molar-refractivity contribution in [3.8, 4) is 5.75 Å². The maximum absolute atomic E-state index is 5.94. The Morgan fingerprint density at radius 2 is 2.12 bits per heavy atom. The molecule has 17 heavy (non-hydrogen) atoms. The molecule has 1 saturated heterocycles. The van der Waals surface area contributed by atoms with E-state index in [0.29, 0.717) is 6.04 Å². The number of rotatable bonds is 4. The highest BCUT2D eigenvalue weighted by molar-refractivity contribution is 9.10. The Labute approximate surface area is 111 Å². The van der Waals surface area contributed by atoms with Crippen molar-refractivity contribution < 1.29 is 4.74 Å². The average Bonchev–Trinajstić information content (AvgIpc) is 2.32. The van der Waals surface area contributed by atoms with Gasteiger partial charge in [0.1, 0.15) is 12.4 Å². The molecule has 3 nitrogen and oxygen atoms in total. The lowest BCUT2D eigenvalue weighted by atomic mass is 10.1. The second kappa shape index (κ2) is 6.38. The van der Waals surface area contributed by atoms with E-state index in [0.717, 1.165) is 42.9 Å². The van der Waals surface area contributed by atoms with Crippen LogP contribution in [0.1, 0.15) is 12.8 Å². The van der Waals surface area contributed by atoms with E-state index in [2.05, 4.69) is 20.8 Å². The van der Waals surface area contributed by atoms with Gasteiger partial charge < -0.3 is 10.5 Å². The fraction of sp³-hybridized carbons (Fsp3) is 0.538. The van der Waals surface area contributed by atoms with Gasteiger partial charge in [-0.3, -0.25) is 4.90 Å². The number of nitrogens with two attached hydrogens (primary N) is 1. The fourth-order valence-electron chi connectivity index (χ4n) is 2.12. The van der Waals surface area contributed by atoms with Crippen molar-refractivity contribution in [2.24, 2.45) is 5.73 Å². The van der Waals surface area contributed by atoms with Crippen LogP contribution in [0.2, 0.25) is 0 Å². The minimum atomic E-state index is 0.344. The number of nitrogens with zero attached hydrogens (tertiary/aromatic N) is 1. The molecule has 0 radical (unpaired) electrons. The molecule has 4 heteroatoms. The topological polar surface area (TPSA) is 38.5 Å². The first-order valence-electron chi connectivity index (χ1n) is 6.10. The van der Waals surface area contributed by atoms with Gasteiger partial charge in [0.15, 0.2) is 0 Å². The van der Waals surface area contributed by atoms with Crippen LogP contribution in [0.5, 0.6) is 5.75 Å². The van der Waals surface area contributed by atoms with Crippen molar-refractivity contribution in [1.82, 2.24) is 4.90 Å². The standard InChI is InChI=1S/C13H19BrN2O/c14-11-3-5-13(6-4-11)17-9-8-16-7-1-2-12(15)10-16/h3-6,12H,1-2,7-10,15H2. The summed E-state index contributed by atoms with van der Waals surface area (Å²) in [5.41, 5.74) is 5.94. The third kappa shape index (κ3) is 4.30. The molecule has 0 bridgehead atoms. The van der Waals surface area contributed by atoms with Crippen molar-refractivity contribution in [2.45, 2.75) is 18.9 Å². The summed E-state index contributed by atoms with van der Waals surface area (Å²) < 4.78 is 6.77. The molecule has 2 rings (SSSR count). The van der Waals surface area contributed by atoms with Gasteiger partial charge in [0.2, 0.25) is 0 Å². The van der Waals surface area contributed by atoms with E-state index in [1.54, 1.807) is 0 Å². The molecule has 1 unspecified atom stereocenters. The van der Waals surface area contributed by atoms with Gasteiger partial charge in [0.25, 0.3) is 0 Å². The summed E-state index contributed by atoms with van der Waals surface area (Å²) in [6, 6.07) is 8.28. The number of piperidine rings is 1. The van der Waals surface area contributed by atoms with Gasteiger partial charge in [-0.15, -0.1) is 0 Å². The van der Waals surface area contributed by atoms with Crippen LogP contribution in [0.25, 0.3) is 0 Å². The second-order valence-corrected chi connectivity index (χ2v) is 5.42. The Morgan fingerprint density at radius 3 is 2.82 bits per heavy atom. The van der Waals surface area contributed by atoms with E-state index in [4.69, 9.17) is 10.5 Å². The van der Waals surface area contributed by atoms with E-state index >= 15 is 0 Å². The van der Waals surface area contributed by atoms with Crippen LogP contribution in [0.4, 0.5) is 0 Å². The van der Waals surface area contributed by atoms with Gasteiger partial charge in [-0.05, 0) is 43.7 Å². The second-order valence-electron chi connectivity index (χ2n) is 4.51. The Bertz CT molecular complexity index is 342. The lowest BCUT2D eigenvalue weighted by Crippen LogP contribution is -2.44. The zero-order valence-electron chi connectivity index (χ0n) is 9.94. The third-order valence-electron chi connectivity index (χ3n) is 3.03. The van der Waals surface area contributed by atoms with Gasteiger partial charge in [-0.25, -0.2) is 0 Å². The average molecular weight is 299 g/mol. The van der Waals surface area contributed by atoms with Crippen molar-refractivity contribution in [3.63, 3.8) is 0 Å². The van der Waals surface area contributed by atoms with Gasteiger partial charge >= 0.3 is 0 Å². The Kier molecular flexibility index (Phi) is 4.83. The summed E-state index contributed by atoms with van der Waals surface area (Å²) in [5.74, 6) is 0.925. The number of hydrogen-bond donors (Lipinski definition) is 1. The maximum atomic E-state index is 5.94. The number of benzene rings is 1. The Morgan fingerprint density at radius 1 is 1.35 bits per heavy atom. The predicted octanol–water partition coefficient (Wildman–Crippen LogP) is 2.25. The first kappa shape index (κ1) is 12.9. The molecule has 1 aliphatic rings. The van der Waals surface area contributed by atoms with E-state index in [1.165, 1.54) is 6.42 Å². The Balaban J connectivity index is 1.70. The highest BCUT2D eigenvalue weighted by Gasteiger charge is 2.15. The molecule has 0 amide bonds. The number of halogens is 1. The van der Waals surface area contributed by atoms with E-state index in [1.807, 2.05) is 24.3 Å². The molecule has 0 aliphatic carbocycles. The third-order valence-corrected chi connectivity index (χ3v) is 3.56. The lowest BCUT2D eigenvalue weighted by Gasteiger charge is -2.30. The zero-order valence-corrected chi connectivity index (χ0v) is 11.5. The van der Waals surface area contributed by atoms with Crippen LogP contribution in [0, 0.1) is 0 Å². The van der Waals surface area contributed by atoms with Crippen LogP contribution < -0.4 is 10.5 Å². The summed E-state index contributed by atoms with van der Waals surface area (Å²) in [6.07, 6.45) is 2.36. The van der Waals surface area contributed by atoms with Gasteiger partial charge in [-0.2, -0.15) is 0 Å². The highest BCUT2D eigenvalue weighted by Crippen LogP contribution is 2.16. The molecule has 1 aromatic rings. The summed E-state index contributed by atoms with van der Waals surface area (Å²) in [4.78, 5) is 2.38. The summed E-state index contributed by atoms with van der Waals surface area (Å²) in [6.45, 7) is 3.85. The number of likely N-dealkylation sites (tertiary alicyclic amines) is 1. The number of ether oxygens (including phenoxy) is 1. The molecule has 94 valence electrons. The predicted molar refractivity (Wildman–Crippen MR) is 73.3 cm³/mol. The van der Waals surface area contributed by atoms with Crippen molar-refractivity contribution in [3.05, 3.63) is 28.7 Å². The largest absolute Gasteiger partial charge is 0.492 e. The lowest BCUT2D eigenvalue weighted by molar-refractivity contribution is 0.171. The van der Waals surface area contributed by atoms with Crippen LogP contribution in [-0.2, 0) is 0 Å². The molecule has 2 N–H and O–H groups in total. The van der Waals surface area contributed by atoms with Crippen molar-refractivity contribution in [1.29, 1.82) is 0 Å². The molecular weight excluding hydrogens is 280 g/mol. The Hall–Kier alpha value is -0.580. The molecule has 1 aromatic carbocycles. The van der Waals surface area contributed by atoms with E-state index < -0.39 is 0 Å². The molecule has 0 aromatic heterocycles. The number of hydrogen-bond acceptors (Lipinski definition) is 3. The van der Waals surface area contributed by atoms with Gasteiger partial charge in [0.05, 0.1) is 0 Å². The van der Waals surface area contributed by atoms with E-state index in [-0.39, 0.29) is 0 Å². The van der Waals surface area contributed by atoms with Gasteiger partial charge in [-0.1, -0.05) is 15.9 Å². The van der Waals surface area contributed by atoms with Crippen LogP contribution in [0.15, 0.2) is 28.7 Å². The van der Waals surface area contributed by atoms with Crippen LogP contribution in [0.3, 0.4) is 0 Å². The molecular formula is C13H19BrN2O. The molecule has 1 fully saturated rings. The van der Waals surface area contributed by atoms with Crippen molar-refractivity contribution >= 4 is 15.9 Å². The van der Waals surface area contributed by atoms with Crippen LogP contribution in [-0.4, -0.2) is 37.2 Å². The molecule has 0 spiro atoms. The fourth-order valence-corrected chi connectivity index (χ4v) is 2.38. The normalized spacial score (nSPS) is 21.4. The first-order chi connectivity index (χ1) is 8.24. The summed E-state index contributed by atoms with van der Waals surface area (Å²) in [7, 11) is 0. The van der Waals surface area contributed by atoms with Crippen molar-refractivity contribution in [2.75, 3.05) is 26.2 Å². The molecule has 1 atom stereocenters. The van der Waals surface area contributed by atoms with Crippen LogP contribution >= 0.6 is 15.9 Å². The quantitative estimate of drug-likeness (QED) is 0.927. The SMILES string of the molecule is NC1CCCN(CCOc2ccc(Br)cc2)C1. The maximum Gasteiger partial charge on any atom is 0.119 e. The minimum Gasteiger partial charge on any atom is -0.492 e. The molecule has 1 heterocycles.